The molecule has 0 saturated heterocycles. The van der Waals surface area contributed by atoms with Crippen molar-refractivity contribution in [3.05, 3.63) is 35.6 Å². The lowest BCUT2D eigenvalue weighted by atomic mass is 10.1. The molecule has 2 nitrogen and oxygen atoms in total. The van der Waals surface area contributed by atoms with E-state index < -0.39 is 0 Å². The molecule has 0 radical (unpaired) electrons. The van der Waals surface area contributed by atoms with E-state index in [0.717, 1.165) is 29.9 Å². The molecule has 116 valence electrons. The van der Waals surface area contributed by atoms with Crippen LogP contribution in [0.3, 0.4) is 0 Å². The summed E-state index contributed by atoms with van der Waals surface area (Å²) in [5.41, 5.74) is 0.720. The van der Waals surface area contributed by atoms with E-state index in [0.29, 0.717) is 18.6 Å². The van der Waals surface area contributed by atoms with Crippen LogP contribution in [0.25, 0.3) is 0 Å². The lowest BCUT2D eigenvalue weighted by Crippen LogP contribution is -2.47. The third kappa shape index (κ3) is 4.40. The SMILES string of the molecule is CCC(C)NC(=S)N(Cc1ccccc1F)C1CCCC1. The van der Waals surface area contributed by atoms with E-state index in [-0.39, 0.29) is 5.82 Å². The fraction of sp³-hybridized carbons (Fsp3) is 0.588. The zero-order valence-corrected chi connectivity index (χ0v) is 13.8. The van der Waals surface area contributed by atoms with E-state index in [4.69, 9.17) is 12.2 Å². The van der Waals surface area contributed by atoms with Crippen molar-refractivity contribution in [2.75, 3.05) is 0 Å². The summed E-state index contributed by atoms with van der Waals surface area (Å²) in [6, 6.07) is 7.78. The average molecular weight is 308 g/mol. The predicted molar refractivity (Wildman–Crippen MR) is 89.7 cm³/mol. The van der Waals surface area contributed by atoms with Crippen LogP contribution in [0.2, 0.25) is 0 Å². The minimum atomic E-state index is -0.146. The van der Waals surface area contributed by atoms with Crippen molar-refractivity contribution in [1.29, 1.82) is 0 Å². The van der Waals surface area contributed by atoms with Crippen LogP contribution in [0.1, 0.15) is 51.5 Å². The van der Waals surface area contributed by atoms with Gasteiger partial charge in [0.2, 0.25) is 0 Å². The van der Waals surface area contributed by atoms with Crippen molar-refractivity contribution >= 4 is 17.3 Å². The molecular formula is C17H25FN2S. The molecule has 1 aliphatic rings. The zero-order chi connectivity index (χ0) is 15.2. The Morgan fingerprint density at radius 1 is 1.38 bits per heavy atom. The Labute approximate surface area is 132 Å². The van der Waals surface area contributed by atoms with Crippen molar-refractivity contribution in [3.63, 3.8) is 0 Å². The third-order valence-electron chi connectivity index (χ3n) is 4.31. The molecule has 1 aromatic rings. The number of benzene rings is 1. The second-order valence-corrected chi connectivity index (χ2v) is 6.30. The molecular weight excluding hydrogens is 283 g/mol. The highest BCUT2D eigenvalue weighted by Crippen LogP contribution is 2.25. The summed E-state index contributed by atoms with van der Waals surface area (Å²) in [6.45, 7) is 4.82. The number of hydrogen-bond acceptors (Lipinski definition) is 1. The molecule has 1 fully saturated rings. The number of nitrogens with one attached hydrogen (secondary N) is 1. The molecule has 0 heterocycles. The minimum absolute atomic E-state index is 0.146. The monoisotopic (exact) mass is 308 g/mol. The fourth-order valence-electron chi connectivity index (χ4n) is 2.79. The maximum atomic E-state index is 13.9. The maximum absolute atomic E-state index is 13.9. The summed E-state index contributed by atoms with van der Waals surface area (Å²) in [7, 11) is 0. The topological polar surface area (TPSA) is 15.3 Å². The highest BCUT2D eigenvalue weighted by atomic mass is 32.1. The summed E-state index contributed by atoms with van der Waals surface area (Å²) in [4.78, 5) is 2.19. The van der Waals surface area contributed by atoms with Gasteiger partial charge in [-0.15, -0.1) is 0 Å². The van der Waals surface area contributed by atoms with Crippen LogP contribution in [0.15, 0.2) is 24.3 Å². The summed E-state index contributed by atoms with van der Waals surface area (Å²) in [6.07, 6.45) is 5.81. The van der Waals surface area contributed by atoms with Gasteiger partial charge in [0.25, 0.3) is 0 Å². The van der Waals surface area contributed by atoms with Crippen LogP contribution in [-0.4, -0.2) is 22.1 Å². The Morgan fingerprint density at radius 3 is 2.67 bits per heavy atom. The zero-order valence-electron chi connectivity index (χ0n) is 12.9. The smallest absolute Gasteiger partial charge is 0.169 e. The van der Waals surface area contributed by atoms with Gasteiger partial charge in [-0.25, -0.2) is 4.39 Å². The van der Waals surface area contributed by atoms with Gasteiger partial charge in [0.1, 0.15) is 5.82 Å². The number of hydrogen-bond donors (Lipinski definition) is 1. The van der Waals surface area contributed by atoms with Crippen LogP contribution in [-0.2, 0) is 6.54 Å². The van der Waals surface area contributed by atoms with Crippen LogP contribution in [0.5, 0.6) is 0 Å². The lowest BCUT2D eigenvalue weighted by molar-refractivity contribution is 0.296. The van der Waals surface area contributed by atoms with Crippen molar-refractivity contribution in [1.82, 2.24) is 10.2 Å². The third-order valence-corrected chi connectivity index (χ3v) is 4.66. The molecule has 21 heavy (non-hydrogen) atoms. The van der Waals surface area contributed by atoms with Crippen molar-refractivity contribution in [2.45, 2.75) is 64.6 Å². The van der Waals surface area contributed by atoms with Gasteiger partial charge in [0.05, 0.1) is 0 Å². The predicted octanol–water partition coefficient (Wildman–Crippen LogP) is 4.24. The van der Waals surface area contributed by atoms with E-state index in [2.05, 4.69) is 24.1 Å². The molecule has 1 aliphatic carbocycles. The van der Waals surface area contributed by atoms with E-state index in [1.54, 1.807) is 6.07 Å². The molecule has 1 N–H and O–H groups in total. The van der Waals surface area contributed by atoms with Crippen LogP contribution in [0.4, 0.5) is 4.39 Å². The van der Waals surface area contributed by atoms with E-state index in [1.807, 2.05) is 12.1 Å². The molecule has 0 aromatic heterocycles. The van der Waals surface area contributed by atoms with Gasteiger partial charge in [0.15, 0.2) is 5.11 Å². The first kappa shape index (κ1) is 16.2. The molecule has 2 rings (SSSR count). The quantitative estimate of drug-likeness (QED) is 0.819. The lowest BCUT2D eigenvalue weighted by Gasteiger charge is -2.33. The van der Waals surface area contributed by atoms with Gasteiger partial charge < -0.3 is 10.2 Å². The summed E-state index contributed by atoms with van der Waals surface area (Å²) in [5, 5.41) is 4.14. The van der Waals surface area contributed by atoms with Crippen molar-refractivity contribution < 1.29 is 4.39 Å². The largest absolute Gasteiger partial charge is 0.360 e. The molecule has 1 aromatic carbocycles. The van der Waals surface area contributed by atoms with E-state index >= 15 is 0 Å². The molecule has 1 saturated carbocycles. The normalized spacial score (nSPS) is 16.7. The molecule has 0 bridgehead atoms. The minimum Gasteiger partial charge on any atom is -0.360 e. The van der Waals surface area contributed by atoms with Gasteiger partial charge in [-0.2, -0.15) is 0 Å². The summed E-state index contributed by atoms with van der Waals surface area (Å²) < 4.78 is 13.9. The molecule has 1 atom stereocenters. The standard InChI is InChI=1S/C17H25FN2S/c1-3-13(2)19-17(21)20(15-9-5-6-10-15)12-14-8-4-7-11-16(14)18/h4,7-8,11,13,15H,3,5-6,9-10,12H2,1-2H3,(H,19,21). The van der Waals surface area contributed by atoms with Gasteiger partial charge in [-0.3, -0.25) is 0 Å². The molecule has 0 aliphatic heterocycles. The first-order valence-electron chi connectivity index (χ1n) is 7.92. The molecule has 1 unspecified atom stereocenters. The molecule has 0 amide bonds. The Balaban J connectivity index is 2.12. The first-order valence-corrected chi connectivity index (χ1v) is 8.33. The number of halogens is 1. The number of thiocarbonyl (C=S) groups is 1. The average Bonchev–Trinajstić information content (AvgIpc) is 3.00. The Kier molecular flexibility index (Phi) is 5.97. The van der Waals surface area contributed by atoms with Gasteiger partial charge >= 0.3 is 0 Å². The Hall–Kier alpha value is -1.16. The van der Waals surface area contributed by atoms with Gasteiger partial charge in [0, 0.05) is 24.2 Å². The summed E-state index contributed by atoms with van der Waals surface area (Å²) in [5.74, 6) is -0.146. The molecule has 4 heteroatoms. The van der Waals surface area contributed by atoms with Gasteiger partial charge in [-0.05, 0) is 44.5 Å². The summed E-state index contributed by atoms with van der Waals surface area (Å²) >= 11 is 5.59. The van der Waals surface area contributed by atoms with Crippen LogP contribution < -0.4 is 5.32 Å². The van der Waals surface area contributed by atoms with Crippen LogP contribution >= 0.6 is 12.2 Å². The van der Waals surface area contributed by atoms with Gasteiger partial charge in [-0.1, -0.05) is 38.0 Å². The van der Waals surface area contributed by atoms with Crippen molar-refractivity contribution in [3.8, 4) is 0 Å². The highest BCUT2D eigenvalue weighted by molar-refractivity contribution is 7.80. The maximum Gasteiger partial charge on any atom is 0.169 e. The van der Waals surface area contributed by atoms with Crippen LogP contribution in [0, 0.1) is 5.82 Å². The Morgan fingerprint density at radius 2 is 2.05 bits per heavy atom. The number of nitrogens with zero attached hydrogens (tertiary/aromatic N) is 1. The first-order chi connectivity index (χ1) is 10.1. The Bertz CT molecular complexity index is 472. The fourth-order valence-corrected chi connectivity index (χ4v) is 3.20. The van der Waals surface area contributed by atoms with Crippen molar-refractivity contribution in [2.24, 2.45) is 0 Å². The second-order valence-electron chi connectivity index (χ2n) is 5.92. The number of rotatable bonds is 5. The van der Waals surface area contributed by atoms with E-state index in [9.17, 15) is 4.39 Å². The highest BCUT2D eigenvalue weighted by Gasteiger charge is 2.25. The van der Waals surface area contributed by atoms with E-state index in [1.165, 1.54) is 18.9 Å². The second kappa shape index (κ2) is 7.74. The molecule has 0 spiro atoms.